The van der Waals surface area contributed by atoms with Crippen LogP contribution in [0, 0.1) is 11.6 Å². The number of aromatic nitrogens is 4. The Kier molecular flexibility index (Phi) is 7.26. The van der Waals surface area contributed by atoms with Gasteiger partial charge in [0.25, 0.3) is 0 Å². The van der Waals surface area contributed by atoms with Crippen molar-refractivity contribution in [3.05, 3.63) is 60.8 Å². The molecule has 0 radical (unpaired) electrons. The molecule has 3 aromatic heterocycles. The normalized spacial score (nSPS) is 14.6. The Bertz CT molecular complexity index is 1560. The van der Waals surface area contributed by atoms with Gasteiger partial charge in [0.15, 0.2) is 5.82 Å². The second-order valence-electron chi connectivity index (χ2n) is 9.35. The van der Waals surface area contributed by atoms with E-state index >= 15 is 8.78 Å². The lowest BCUT2D eigenvalue weighted by Crippen LogP contribution is -2.41. The van der Waals surface area contributed by atoms with Crippen molar-refractivity contribution in [1.29, 1.82) is 0 Å². The fourth-order valence-electron chi connectivity index (χ4n) is 4.83. The van der Waals surface area contributed by atoms with Gasteiger partial charge in [0.05, 0.1) is 22.5 Å². The van der Waals surface area contributed by atoms with Crippen LogP contribution in [0.3, 0.4) is 0 Å². The maximum atomic E-state index is 15.7. The van der Waals surface area contributed by atoms with Crippen LogP contribution >= 0.6 is 0 Å². The van der Waals surface area contributed by atoms with Crippen LogP contribution in [0.5, 0.6) is 0 Å². The van der Waals surface area contributed by atoms with E-state index in [1.807, 2.05) is 13.1 Å². The minimum atomic E-state index is -3.79. The van der Waals surface area contributed by atoms with Crippen LogP contribution in [0.2, 0.25) is 0 Å². The van der Waals surface area contributed by atoms with Crippen LogP contribution in [0.15, 0.2) is 49.2 Å². The summed E-state index contributed by atoms with van der Waals surface area (Å²) in [6.45, 7) is 3.56. The zero-order valence-electron chi connectivity index (χ0n) is 21.2. The summed E-state index contributed by atoms with van der Waals surface area (Å²) in [5.41, 5.74) is 1.47. The molecule has 2 N–H and O–H groups in total. The van der Waals surface area contributed by atoms with Crippen molar-refractivity contribution in [2.45, 2.75) is 32.2 Å². The number of benzene rings is 1. The smallest absolute Gasteiger partial charge is 0.232 e. The summed E-state index contributed by atoms with van der Waals surface area (Å²) in [5, 5.41) is 3.36. The molecule has 1 aromatic carbocycles. The van der Waals surface area contributed by atoms with Crippen LogP contribution in [-0.4, -0.2) is 59.9 Å². The molecule has 0 bridgehead atoms. The third kappa shape index (κ3) is 5.05. The maximum Gasteiger partial charge on any atom is 0.232 e. The van der Waals surface area contributed by atoms with E-state index in [9.17, 15) is 8.42 Å². The maximum absolute atomic E-state index is 15.7. The van der Waals surface area contributed by atoms with Crippen LogP contribution in [0.25, 0.3) is 27.8 Å². The van der Waals surface area contributed by atoms with Gasteiger partial charge in [-0.2, -0.15) is 0 Å². The highest BCUT2D eigenvalue weighted by atomic mass is 32.2. The van der Waals surface area contributed by atoms with Crippen molar-refractivity contribution in [3.63, 3.8) is 0 Å². The molecule has 0 aliphatic carbocycles. The lowest BCUT2D eigenvalue weighted by Gasteiger charge is -2.32. The van der Waals surface area contributed by atoms with Crippen molar-refractivity contribution in [2.75, 3.05) is 35.5 Å². The Morgan fingerprint density at radius 3 is 2.58 bits per heavy atom. The quantitative estimate of drug-likeness (QED) is 0.346. The van der Waals surface area contributed by atoms with E-state index in [1.165, 1.54) is 10.9 Å². The average Bonchev–Trinajstić information content (AvgIpc) is 3.29. The van der Waals surface area contributed by atoms with Crippen LogP contribution in [0.1, 0.15) is 26.2 Å². The summed E-state index contributed by atoms with van der Waals surface area (Å²) >= 11 is 0. The molecule has 5 rings (SSSR count). The molecule has 0 spiro atoms. The number of nitrogens with one attached hydrogen (secondary N) is 2. The predicted octanol–water partition coefficient (Wildman–Crippen LogP) is 4.10. The van der Waals surface area contributed by atoms with E-state index in [0.29, 0.717) is 34.6 Å². The lowest BCUT2D eigenvalue weighted by molar-refractivity contribution is 0.442. The second kappa shape index (κ2) is 10.6. The molecule has 12 heteroatoms. The third-order valence-electron chi connectivity index (χ3n) is 6.77. The van der Waals surface area contributed by atoms with Crippen molar-refractivity contribution in [1.82, 2.24) is 24.8 Å². The van der Waals surface area contributed by atoms with Gasteiger partial charge in [-0.15, -0.1) is 0 Å². The van der Waals surface area contributed by atoms with Crippen molar-refractivity contribution < 1.29 is 17.2 Å². The number of sulfonamides is 1. The molecule has 0 unspecified atom stereocenters. The van der Waals surface area contributed by atoms with Gasteiger partial charge in [-0.25, -0.2) is 32.2 Å². The summed E-state index contributed by atoms with van der Waals surface area (Å²) in [6.07, 6.45) is 8.52. The number of hydrogen-bond acceptors (Lipinski definition) is 7. The number of anilines is 2. The van der Waals surface area contributed by atoms with Crippen molar-refractivity contribution in [2.24, 2.45) is 0 Å². The van der Waals surface area contributed by atoms with Gasteiger partial charge < -0.3 is 14.8 Å². The molecular formula is C26H29F2N7O2S. The monoisotopic (exact) mass is 541 g/mol. The molecule has 0 saturated carbocycles. The minimum Gasteiger partial charge on any atom is -0.357 e. The van der Waals surface area contributed by atoms with Crippen LogP contribution in [-0.2, 0) is 10.0 Å². The molecule has 1 fully saturated rings. The molecule has 1 aliphatic heterocycles. The fourth-order valence-corrected chi connectivity index (χ4v) is 5.97. The lowest BCUT2D eigenvalue weighted by atomic mass is 10.1. The standard InChI is InChI=1S/C26H29F2N7O2S/c1-3-12-38(36,37)33-21-5-4-20(27)26(24(21)28)35-15-19(17-13-30-16-31-14-17)25-22(35)6-7-23(32-25)34(2)18-8-10-29-11-9-18/h4-7,13-16,18,29,33H,3,8-12H2,1-2H3. The second-order valence-corrected chi connectivity index (χ2v) is 11.2. The molecule has 4 aromatic rings. The topological polar surface area (TPSA) is 105 Å². The summed E-state index contributed by atoms with van der Waals surface area (Å²) < 4.78 is 59.1. The number of pyridine rings is 1. The van der Waals surface area contributed by atoms with Gasteiger partial charge >= 0.3 is 0 Å². The van der Waals surface area contributed by atoms with Crippen molar-refractivity contribution in [3.8, 4) is 16.8 Å². The Morgan fingerprint density at radius 1 is 1.13 bits per heavy atom. The number of fused-ring (bicyclic) bond motifs is 1. The zero-order chi connectivity index (χ0) is 26.9. The van der Waals surface area contributed by atoms with Gasteiger partial charge in [-0.3, -0.25) is 4.72 Å². The van der Waals surface area contributed by atoms with E-state index in [0.717, 1.165) is 43.9 Å². The molecule has 0 amide bonds. The largest absolute Gasteiger partial charge is 0.357 e. The number of halogens is 2. The van der Waals surface area contributed by atoms with Crippen LogP contribution < -0.4 is 14.9 Å². The summed E-state index contributed by atoms with van der Waals surface area (Å²) in [5.74, 6) is -1.30. The highest BCUT2D eigenvalue weighted by Crippen LogP contribution is 2.35. The highest BCUT2D eigenvalue weighted by molar-refractivity contribution is 7.92. The molecule has 4 heterocycles. The van der Waals surface area contributed by atoms with Gasteiger partial charge in [0.2, 0.25) is 10.0 Å². The molecular weight excluding hydrogens is 512 g/mol. The summed E-state index contributed by atoms with van der Waals surface area (Å²) in [6, 6.07) is 6.05. The first-order valence-electron chi connectivity index (χ1n) is 12.5. The van der Waals surface area contributed by atoms with E-state index in [-0.39, 0.29) is 11.4 Å². The van der Waals surface area contributed by atoms with E-state index < -0.39 is 27.3 Å². The minimum absolute atomic E-state index is 0.180. The van der Waals surface area contributed by atoms with E-state index in [2.05, 4.69) is 24.9 Å². The molecule has 38 heavy (non-hydrogen) atoms. The van der Waals surface area contributed by atoms with Gasteiger partial charge in [0, 0.05) is 42.8 Å². The Morgan fingerprint density at radius 2 is 1.87 bits per heavy atom. The molecule has 1 aliphatic rings. The van der Waals surface area contributed by atoms with Crippen LogP contribution in [0.4, 0.5) is 20.3 Å². The molecule has 9 nitrogen and oxygen atoms in total. The Balaban J connectivity index is 1.67. The molecule has 200 valence electrons. The number of hydrogen-bond donors (Lipinski definition) is 2. The molecule has 1 saturated heterocycles. The van der Waals surface area contributed by atoms with Gasteiger partial charge in [0.1, 0.15) is 23.6 Å². The SMILES string of the molecule is CCCS(=O)(=O)Nc1ccc(F)c(-n2cc(-c3cncnc3)c3nc(N(C)C4CCNCC4)ccc32)c1F. The third-order valence-corrected chi connectivity index (χ3v) is 8.24. The van der Waals surface area contributed by atoms with E-state index in [4.69, 9.17) is 4.98 Å². The Hall–Kier alpha value is -3.64. The summed E-state index contributed by atoms with van der Waals surface area (Å²) in [4.78, 5) is 15.2. The Labute approximate surface area is 220 Å². The van der Waals surface area contributed by atoms with Gasteiger partial charge in [-0.05, 0) is 56.6 Å². The number of piperidine rings is 1. The number of nitrogens with zero attached hydrogens (tertiary/aromatic N) is 5. The number of rotatable bonds is 8. The highest BCUT2D eigenvalue weighted by Gasteiger charge is 2.24. The fraction of sp³-hybridized carbons (Fsp3) is 0.346. The predicted molar refractivity (Wildman–Crippen MR) is 144 cm³/mol. The zero-order valence-corrected chi connectivity index (χ0v) is 22.0. The first-order chi connectivity index (χ1) is 18.3. The average molecular weight is 542 g/mol. The summed E-state index contributed by atoms with van der Waals surface area (Å²) in [7, 11) is -1.79. The first-order valence-corrected chi connectivity index (χ1v) is 14.1. The van der Waals surface area contributed by atoms with E-state index in [1.54, 1.807) is 31.6 Å². The first kappa shape index (κ1) is 26.0. The molecule has 0 atom stereocenters. The van der Waals surface area contributed by atoms with Crippen molar-refractivity contribution >= 4 is 32.6 Å². The van der Waals surface area contributed by atoms with Gasteiger partial charge in [-0.1, -0.05) is 6.92 Å².